The van der Waals surface area contributed by atoms with E-state index < -0.39 is 6.61 Å². The summed E-state index contributed by atoms with van der Waals surface area (Å²) in [5, 5.41) is 8.28. The van der Waals surface area contributed by atoms with Crippen LogP contribution in [-0.4, -0.2) is 32.4 Å². The smallest absolute Gasteiger partial charge is 0.387 e. The van der Waals surface area contributed by atoms with E-state index in [9.17, 15) is 13.6 Å². The number of nitrogens with one attached hydrogen (secondary N) is 1. The summed E-state index contributed by atoms with van der Waals surface area (Å²) in [7, 11) is 1.34. The van der Waals surface area contributed by atoms with Gasteiger partial charge in [0, 0.05) is 10.4 Å². The molecule has 1 amide bonds. The predicted molar refractivity (Wildman–Crippen MR) is 89.3 cm³/mol. The highest BCUT2D eigenvalue weighted by Gasteiger charge is 2.10. The molecule has 6 nitrogen and oxygen atoms in total. The predicted octanol–water partition coefficient (Wildman–Crippen LogP) is 3.03. The minimum absolute atomic E-state index is 0.0801. The molecular formula is C16H16F2N2O4S. The summed E-state index contributed by atoms with van der Waals surface area (Å²) in [5.74, 6) is -0.245. The van der Waals surface area contributed by atoms with Crippen molar-refractivity contribution in [1.82, 2.24) is 5.32 Å². The summed E-state index contributed by atoms with van der Waals surface area (Å²) in [6, 6.07) is 8.11. The largest absolute Gasteiger partial charge is 0.493 e. The highest BCUT2D eigenvalue weighted by molar-refractivity contribution is 7.09. The molecule has 9 heteroatoms. The third-order valence-corrected chi connectivity index (χ3v) is 3.79. The maximum Gasteiger partial charge on any atom is 0.387 e. The van der Waals surface area contributed by atoms with E-state index in [0.717, 1.165) is 4.88 Å². The first-order valence-electron chi connectivity index (χ1n) is 7.15. The fraction of sp³-hybridized carbons (Fsp3) is 0.250. The van der Waals surface area contributed by atoms with Crippen molar-refractivity contribution in [3.8, 4) is 11.5 Å². The van der Waals surface area contributed by atoms with E-state index in [0.29, 0.717) is 12.1 Å². The Kier molecular flexibility index (Phi) is 7.15. The van der Waals surface area contributed by atoms with Crippen molar-refractivity contribution in [3.05, 3.63) is 46.2 Å². The summed E-state index contributed by atoms with van der Waals surface area (Å²) in [6.45, 7) is -2.73. The van der Waals surface area contributed by atoms with Crippen molar-refractivity contribution in [2.75, 3.05) is 13.7 Å². The molecule has 0 unspecified atom stereocenters. The Hall–Kier alpha value is -2.68. The zero-order valence-electron chi connectivity index (χ0n) is 13.3. The van der Waals surface area contributed by atoms with Crippen LogP contribution < -0.4 is 14.8 Å². The molecule has 0 aliphatic rings. The van der Waals surface area contributed by atoms with Gasteiger partial charge in [0.2, 0.25) is 0 Å². The Bertz CT molecular complexity index is 708. The van der Waals surface area contributed by atoms with Crippen LogP contribution >= 0.6 is 11.3 Å². The van der Waals surface area contributed by atoms with Crippen LogP contribution in [0.25, 0.3) is 0 Å². The number of benzene rings is 1. The molecule has 0 radical (unpaired) electrons. The van der Waals surface area contributed by atoms with Gasteiger partial charge in [-0.3, -0.25) is 4.79 Å². The Morgan fingerprint density at radius 3 is 2.88 bits per heavy atom. The maximum atomic E-state index is 12.3. The monoisotopic (exact) mass is 370 g/mol. The van der Waals surface area contributed by atoms with Crippen LogP contribution in [0.1, 0.15) is 10.4 Å². The van der Waals surface area contributed by atoms with Crippen molar-refractivity contribution >= 4 is 23.5 Å². The number of halogens is 2. The molecule has 134 valence electrons. The number of carbonyl (C=O) groups is 1. The molecule has 2 rings (SSSR count). The average molecular weight is 370 g/mol. The van der Waals surface area contributed by atoms with Crippen molar-refractivity contribution in [1.29, 1.82) is 0 Å². The second kappa shape index (κ2) is 9.58. The first-order valence-corrected chi connectivity index (χ1v) is 8.03. The number of carbonyl (C=O) groups excluding carboxylic acids is 1. The second-order valence-corrected chi connectivity index (χ2v) is 5.69. The summed E-state index contributed by atoms with van der Waals surface area (Å²) in [5.41, 5.74) is 0.539. The van der Waals surface area contributed by atoms with Gasteiger partial charge in [-0.25, -0.2) is 0 Å². The molecule has 1 aromatic carbocycles. The Labute approximate surface area is 147 Å². The number of rotatable bonds is 9. The lowest BCUT2D eigenvalue weighted by molar-refractivity contribution is -0.125. The summed E-state index contributed by atoms with van der Waals surface area (Å²) < 4.78 is 33.8. The average Bonchev–Trinajstić information content (AvgIpc) is 3.11. The first-order chi connectivity index (χ1) is 12.1. The number of hydrogen-bond acceptors (Lipinski definition) is 6. The highest BCUT2D eigenvalue weighted by atomic mass is 32.1. The SMILES string of the molecule is COc1cc(/C=N/OCC(=O)NCc2cccs2)ccc1OC(F)F. The number of ether oxygens (including phenoxy) is 2. The van der Waals surface area contributed by atoms with Gasteiger partial charge in [0.15, 0.2) is 18.1 Å². The third kappa shape index (κ3) is 6.38. The van der Waals surface area contributed by atoms with E-state index >= 15 is 0 Å². The van der Waals surface area contributed by atoms with Crippen molar-refractivity contribution in [2.24, 2.45) is 5.16 Å². The van der Waals surface area contributed by atoms with Crippen LogP contribution in [0.5, 0.6) is 11.5 Å². The number of amides is 1. The fourth-order valence-electron chi connectivity index (χ4n) is 1.80. The molecule has 0 spiro atoms. The second-order valence-electron chi connectivity index (χ2n) is 4.65. The Morgan fingerprint density at radius 2 is 2.20 bits per heavy atom. The van der Waals surface area contributed by atoms with E-state index in [1.165, 1.54) is 31.5 Å². The maximum absolute atomic E-state index is 12.3. The fourth-order valence-corrected chi connectivity index (χ4v) is 2.45. The molecule has 0 fully saturated rings. The lowest BCUT2D eigenvalue weighted by atomic mass is 10.2. The quantitative estimate of drug-likeness (QED) is 0.544. The normalized spacial score (nSPS) is 10.9. The van der Waals surface area contributed by atoms with E-state index in [4.69, 9.17) is 9.57 Å². The van der Waals surface area contributed by atoms with Crippen LogP contribution in [-0.2, 0) is 16.2 Å². The molecule has 25 heavy (non-hydrogen) atoms. The lowest BCUT2D eigenvalue weighted by Gasteiger charge is -2.09. The minimum atomic E-state index is -2.94. The zero-order chi connectivity index (χ0) is 18.1. The number of alkyl halides is 2. The van der Waals surface area contributed by atoms with E-state index in [-0.39, 0.29) is 24.0 Å². The minimum Gasteiger partial charge on any atom is -0.493 e. The van der Waals surface area contributed by atoms with Crippen LogP contribution in [0.4, 0.5) is 8.78 Å². The van der Waals surface area contributed by atoms with Crippen molar-refractivity contribution in [2.45, 2.75) is 13.2 Å². The van der Waals surface area contributed by atoms with Crippen molar-refractivity contribution in [3.63, 3.8) is 0 Å². The molecule has 1 aromatic heterocycles. The number of oxime groups is 1. The molecule has 0 bridgehead atoms. The number of thiophene rings is 1. The Morgan fingerprint density at radius 1 is 1.36 bits per heavy atom. The van der Waals surface area contributed by atoms with Crippen LogP contribution in [0, 0.1) is 0 Å². The van der Waals surface area contributed by atoms with Gasteiger partial charge >= 0.3 is 6.61 Å². The van der Waals surface area contributed by atoms with E-state index in [2.05, 4.69) is 15.2 Å². The molecule has 1 heterocycles. The van der Waals surface area contributed by atoms with Crippen LogP contribution in [0.2, 0.25) is 0 Å². The molecule has 2 aromatic rings. The summed E-state index contributed by atoms with van der Waals surface area (Å²) in [6.07, 6.45) is 1.33. The van der Waals surface area contributed by atoms with Gasteiger partial charge in [-0.1, -0.05) is 11.2 Å². The number of hydrogen-bond donors (Lipinski definition) is 1. The van der Waals surface area contributed by atoms with Gasteiger partial charge in [-0.15, -0.1) is 11.3 Å². The molecular weight excluding hydrogens is 354 g/mol. The molecule has 0 atom stereocenters. The molecule has 1 N–H and O–H groups in total. The highest BCUT2D eigenvalue weighted by Crippen LogP contribution is 2.28. The van der Waals surface area contributed by atoms with Gasteiger partial charge in [-0.2, -0.15) is 8.78 Å². The third-order valence-electron chi connectivity index (χ3n) is 2.92. The van der Waals surface area contributed by atoms with Gasteiger partial charge in [-0.05, 0) is 29.6 Å². The number of methoxy groups -OCH3 is 1. The van der Waals surface area contributed by atoms with Gasteiger partial charge in [0.05, 0.1) is 19.9 Å². The summed E-state index contributed by atoms with van der Waals surface area (Å²) >= 11 is 1.54. The van der Waals surface area contributed by atoms with Crippen LogP contribution in [0.3, 0.4) is 0 Å². The molecule has 0 aliphatic heterocycles. The molecule has 0 saturated heterocycles. The molecule has 0 saturated carbocycles. The van der Waals surface area contributed by atoms with E-state index in [1.807, 2.05) is 17.5 Å². The van der Waals surface area contributed by atoms with Crippen LogP contribution in [0.15, 0.2) is 40.9 Å². The molecule has 0 aliphatic carbocycles. The number of nitrogens with zero attached hydrogens (tertiary/aromatic N) is 1. The zero-order valence-corrected chi connectivity index (χ0v) is 14.1. The Balaban J connectivity index is 1.80. The van der Waals surface area contributed by atoms with Gasteiger partial charge in [0.25, 0.3) is 5.91 Å². The van der Waals surface area contributed by atoms with Gasteiger partial charge in [0.1, 0.15) is 0 Å². The first kappa shape index (κ1) is 18.7. The van der Waals surface area contributed by atoms with E-state index in [1.54, 1.807) is 11.3 Å². The topological polar surface area (TPSA) is 69.2 Å². The standard InChI is InChI=1S/C16H16F2N2O4S/c1-22-14-7-11(4-5-13(14)24-16(17)18)8-20-23-10-15(21)19-9-12-3-2-6-25-12/h2-8,16H,9-10H2,1H3,(H,19,21)/b20-8+. The summed E-state index contributed by atoms with van der Waals surface area (Å²) in [4.78, 5) is 17.5. The van der Waals surface area contributed by atoms with Crippen molar-refractivity contribution < 1.29 is 27.9 Å². The lowest BCUT2D eigenvalue weighted by Crippen LogP contribution is -2.26. The van der Waals surface area contributed by atoms with Gasteiger partial charge < -0.3 is 19.6 Å².